The predicted octanol–water partition coefficient (Wildman–Crippen LogP) is 0.713. The van der Waals surface area contributed by atoms with Crippen LogP contribution in [-0.4, -0.2) is 53.3 Å². The summed E-state index contributed by atoms with van der Waals surface area (Å²) in [6, 6.07) is 0. The van der Waals surface area contributed by atoms with Crippen molar-refractivity contribution in [1.82, 2.24) is 19.8 Å². The summed E-state index contributed by atoms with van der Waals surface area (Å²) in [7, 11) is 0. The van der Waals surface area contributed by atoms with E-state index in [2.05, 4.69) is 33.6 Å². The molecule has 1 saturated heterocycles. The van der Waals surface area contributed by atoms with Gasteiger partial charge in [0.25, 0.3) is 0 Å². The first kappa shape index (κ1) is 13.5. The van der Waals surface area contributed by atoms with Gasteiger partial charge in [-0.25, -0.2) is 4.98 Å². The summed E-state index contributed by atoms with van der Waals surface area (Å²) < 4.78 is 7.91. The van der Waals surface area contributed by atoms with E-state index < -0.39 is 0 Å². The molecule has 1 aromatic heterocycles. The Labute approximate surface area is 109 Å². The number of imidazole rings is 1. The zero-order chi connectivity index (χ0) is 12.8. The Morgan fingerprint density at radius 3 is 3.11 bits per heavy atom. The van der Waals surface area contributed by atoms with Gasteiger partial charge in [-0.2, -0.15) is 0 Å². The largest absolute Gasteiger partial charge is 0.374 e. The summed E-state index contributed by atoms with van der Waals surface area (Å²) in [6.07, 6.45) is 4.19. The molecule has 1 N–H and O–H groups in total. The van der Waals surface area contributed by atoms with Crippen LogP contribution >= 0.6 is 0 Å². The average molecular weight is 252 g/mol. The fourth-order valence-electron chi connectivity index (χ4n) is 2.33. The third-order valence-corrected chi connectivity index (χ3v) is 3.47. The first-order chi connectivity index (χ1) is 8.83. The average Bonchev–Trinajstić information content (AvgIpc) is 2.86. The Morgan fingerprint density at radius 2 is 2.33 bits per heavy atom. The topological polar surface area (TPSA) is 42.3 Å². The van der Waals surface area contributed by atoms with Crippen LogP contribution in [0.3, 0.4) is 0 Å². The second-order valence-corrected chi connectivity index (χ2v) is 4.65. The monoisotopic (exact) mass is 252 g/mol. The van der Waals surface area contributed by atoms with Crippen molar-refractivity contribution < 1.29 is 4.74 Å². The van der Waals surface area contributed by atoms with E-state index in [1.807, 2.05) is 12.4 Å². The van der Waals surface area contributed by atoms with Crippen molar-refractivity contribution in [2.45, 2.75) is 33.0 Å². The minimum absolute atomic E-state index is 0.309. The van der Waals surface area contributed by atoms with Crippen LogP contribution in [0.5, 0.6) is 0 Å². The number of hydrogen-bond donors (Lipinski definition) is 1. The highest BCUT2D eigenvalue weighted by molar-refractivity contribution is 4.91. The number of ether oxygens (including phenoxy) is 1. The van der Waals surface area contributed by atoms with Gasteiger partial charge in [0.2, 0.25) is 0 Å². The number of nitrogens with one attached hydrogen (secondary N) is 1. The van der Waals surface area contributed by atoms with Crippen LogP contribution in [0.2, 0.25) is 0 Å². The quantitative estimate of drug-likeness (QED) is 0.810. The number of morpholine rings is 1. The van der Waals surface area contributed by atoms with Gasteiger partial charge in [0.15, 0.2) is 0 Å². The lowest BCUT2D eigenvalue weighted by Gasteiger charge is -2.32. The molecular formula is C13H24N4O. The van der Waals surface area contributed by atoms with Gasteiger partial charge in [-0.1, -0.05) is 6.92 Å². The molecule has 0 spiro atoms. The van der Waals surface area contributed by atoms with E-state index in [0.717, 1.165) is 51.7 Å². The molecule has 0 saturated carbocycles. The van der Waals surface area contributed by atoms with Gasteiger partial charge < -0.3 is 14.6 Å². The highest BCUT2D eigenvalue weighted by Crippen LogP contribution is 2.04. The summed E-state index contributed by atoms with van der Waals surface area (Å²) >= 11 is 0. The van der Waals surface area contributed by atoms with Gasteiger partial charge in [-0.3, -0.25) is 4.90 Å². The Bertz CT molecular complexity index is 353. The van der Waals surface area contributed by atoms with Gasteiger partial charge in [-0.15, -0.1) is 0 Å². The number of aromatic nitrogens is 2. The Kier molecular flexibility index (Phi) is 5.16. The fraction of sp³-hybridized carbons (Fsp3) is 0.769. The smallest absolute Gasteiger partial charge is 0.122 e. The predicted molar refractivity (Wildman–Crippen MR) is 71.5 cm³/mol. The van der Waals surface area contributed by atoms with Crippen molar-refractivity contribution >= 4 is 0 Å². The van der Waals surface area contributed by atoms with Gasteiger partial charge in [0.05, 0.1) is 19.3 Å². The molecule has 2 heterocycles. The summed E-state index contributed by atoms with van der Waals surface area (Å²) in [6.45, 7) is 11.1. The molecule has 1 aliphatic rings. The lowest BCUT2D eigenvalue weighted by molar-refractivity contribution is -0.0254. The van der Waals surface area contributed by atoms with E-state index in [0.29, 0.717) is 6.10 Å². The Balaban J connectivity index is 1.72. The lowest BCUT2D eigenvalue weighted by atomic mass is 10.2. The molecule has 0 bridgehead atoms. The van der Waals surface area contributed by atoms with Crippen LogP contribution < -0.4 is 5.32 Å². The SMILES string of the molecule is CCN1CCOC(CNCc2nccn2CC)C1. The first-order valence-corrected chi connectivity index (χ1v) is 6.88. The van der Waals surface area contributed by atoms with Gasteiger partial charge in [0.1, 0.15) is 5.82 Å². The van der Waals surface area contributed by atoms with Gasteiger partial charge in [-0.05, 0) is 13.5 Å². The lowest BCUT2D eigenvalue weighted by Crippen LogP contribution is -2.46. The molecule has 1 aliphatic heterocycles. The van der Waals surface area contributed by atoms with Crippen molar-refractivity contribution in [2.24, 2.45) is 0 Å². The van der Waals surface area contributed by atoms with Gasteiger partial charge >= 0.3 is 0 Å². The molecule has 2 rings (SSSR count). The molecule has 18 heavy (non-hydrogen) atoms. The summed E-state index contributed by atoms with van der Waals surface area (Å²) in [5, 5.41) is 3.44. The number of rotatable bonds is 6. The molecule has 0 aliphatic carbocycles. The number of hydrogen-bond acceptors (Lipinski definition) is 4. The molecule has 1 atom stereocenters. The van der Waals surface area contributed by atoms with E-state index in [1.54, 1.807) is 0 Å². The summed E-state index contributed by atoms with van der Waals surface area (Å²) in [5.74, 6) is 1.10. The third-order valence-electron chi connectivity index (χ3n) is 3.47. The van der Waals surface area contributed by atoms with Crippen molar-refractivity contribution in [3.05, 3.63) is 18.2 Å². The molecule has 102 valence electrons. The third kappa shape index (κ3) is 3.54. The second kappa shape index (κ2) is 6.87. The highest BCUT2D eigenvalue weighted by atomic mass is 16.5. The van der Waals surface area contributed by atoms with E-state index in [-0.39, 0.29) is 0 Å². The highest BCUT2D eigenvalue weighted by Gasteiger charge is 2.18. The molecule has 5 nitrogen and oxygen atoms in total. The minimum atomic E-state index is 0.309. The van der Waals surface area contributed by atoms with Crippen LogP contribution in [0.15, 0.2) is 12.4 Å². The maximum absolute atomic E-state index is 5.75. The summed E-state index contributed by atoms with van der Waals surface area (Å²) in [5.41, 5.74) is 0. The maximum Gasteiger partial charge on any atom is 0.122 e. The van der Waals surface area contributed by atoms with E-state index >= 15 is 0 Å². The van der Waals surface area contributed by atoms with Crippen LogP contribution in [0.1, 0.15) is 19.7 Å². The normalized spacial score (nSPS) is 21.3. The standard InChI is InChI=1S/C13H24N4O/c1-3-16-7-8-18-12(11-16)9-14-10-13-15-5-6-17(13)4-2/h5-6,12,14H,3-4,7-11H2,1-2H3. The number of likely N-dealkylation sites (N-methyl/N-ethyl adjacent to an activating group) is 1. The fourth-order valence-corrected chi connectivity index (χ4v) is 2.33. The molecular weight excluding hydrogens is 228 g/mol. The van der Waals surface area contributed by atoms with Gasteiger partial charge in [0, 0.05) is 38.6 Å². The molecule has 1 unspecified atom stereocenters. The zero-order valence-corrected chi connectivity index (χ0v) is 11.4. The van der Waals surface area contributed by atoms with Crippen LogP contribution in [0.25, 0.3) is 0 Å². The minimum Gasteiger partial charge on any atom is -0.374 e. The molecule has 1 aromatic rings. The number of aryl methyl sites for hydroxylation is 1. The van der Waals surface area contributed by atoms with E-state index in [9.17, 15) is 0 Å². The van der Waals surface area contributed by atoms with Crippen molar-refractivity contribution in [2.75, 3.05) is 32.8 Å². The second-order valence-electron chi connectivity index (χ2n) is 4.65. The van der Waals surface area contributed by atoms with Crippen LogP contribution in [0, 0.1) is 0 Å². The van der Waals surface area contributed by atoms with Crippen LogP contribution in [-0.2, 0) is 17.8 Å². The Morgan fingerprint density at radius 1 is 1.44 bits per heavy atom. The first-order valence-electron chi connectivity index (χ1n) is 6.88. The molecule has 5 heteroatoms. The maximum atomic E-state index is 5.75. The van der Waals surface area contributed by atoms with Crippen molar-refractivity contribution in [1.29, 1.82) is 0 Å². The van der Waals surface area contributed by atoms with Crippen molar-refractivity contribution in [3.63, 3.8) is 0 Å². The summed E-state index contributed by atoms with van der Waals surface area (Å²) in [4.78, 5) is 6.78. The molecule has 0 radical (unpaired) electrons. The number of nitrogens with zero attached hydrogens (tertiary/aromatic N) is 3. The Hall–Kier alpha value is -0.910. The van der Waals surface area contributed by atoms with E-state index in [4.69, 9.17) is 4.74 Å². The molecule has 0 amide bonds. The van der Waals surface area contributed by atoms with Crippen LogP contribution in [0.4, 0.5) is 0 Å². The molecule has 1 fully saturated rings. The van der Waals surface area contributed by atoms with Crippen molar-refractivity contribution in [3.8, 4) is 0 Å². The zero-order valence-electron chi connectivity index (χ0n) is 11.4. The van der Waals surface area contributed by atoms with E-state index in [1.165, 1.54) is 0 Å². The molecule has 0 aromatic carbocycles.